The first kappa shape index (κ1) is 31.0. The number of alkyl carbamates (subject to hydrolysis) is 2. The first-order valence-electron chi connectivity index (χ1n) is 14.8. The van der Waals surface area contributed by atoms with E-state index in [4.69, 9.17) is 9.47 Å². The molecule has 0 saturated carbocycles. The van der Waals surface area contributed by atoms with Crippen molar-refractivity contribution in [3.05, 3.63) is 60.2 Å². The van der Waals surface area contributed by atoms with Crippen LogP contribution in [0.3, 0.4) is 0 Å². The van der Waals surface area contributed by atoms with E-state index in [9.17, 15) is 9.59 Å². The summed E-state index contributed by atoms with van der Waals surface area (Å²) in [7, 11) is 0. The normalized spacial score (nSPS) is 12.0. The highest BCUT2D eigenvalue weighted by atomic mass is 16.6. The lowest BCUT2D eigenvalue weighted by molar-refractivity contribution is 0.0545. The molecular weight excluding hydrogens is 528 g/mol. The lowest BCUT2D eigenvalue weighted by Crippen LogP contribution is -2.47. The molecule has 42 heavy (non-hydrogen) atoms. The molecule has 0 heterocycles. The van der Waals surface area contributed by atoms with Crippen molar-refractivity contribution in [3.63, 3.8) is 0 Å². The largest absolute Gasteiger partial charge is 0.444 e. The van der Waals surface area contributed by atoms with Crippen LogP contribution in [0.15, 0.2) is 59.6 Å². The van der Waals surface area contributed by atoms with Gasteiger partial charge in [0, 0.05) is 13.1 Å². The predicted molar refractivity (Wildman–Crippen MR) is 171 cm³/mol. The number of carbonyl (C=O) groups excluding carboxylic acids is 2. The third-order valence-electron chi connectivity index (χ3n) is 6.70. The number of aliphatic imine (C=N–C) groups is 1. The van der Waals surface area contributed by atoms with Crippen molar-refractivity contribution in [2.75, 3.05) is 13.1 Å². The highest BCUT2D eigenvalue weighted by Gasteiger charge is 2.21. The zero-order valence-electron chi connectivity index (χ0n) is 25.7. The van der Waals surface area contributed by atoms with Crippen LogP contribution < -0.4 is 16.0 Å². The summed E-state index contributed by atoms with van der Waals surface area (Å²) in [6.07, 6.45) is 2.53. The average Bonchev–Trinajstić information content (AvgIpc) is 2.89. The topological polar surface area (TPSA) is 101 Å². The van der Waals surface area contributed by atoms with Gasteiger partial charge in [-0.2, -0.15) is 0 Å². The maximum Gasteiger partial charge on any atom is 0.414 e. The summed E-state index contributed by atoms with van der Waals surface area (Å²) in [6.45, 7) is 12.8. The van der Waals surface area contributed by atoms with Gasteiger partial charge < -0.3 is 14.8 Å². The molecule has 3 N–H and O–H groups in total. The summed E-state index contributed by atoms with van der Waals surface area (Å²) in [5.74, 6) is 0.0217. The highest BCUT2D eigenvalue weighted by Crippen LogP contribution is 2.35. The molecule has 4 aromatic rings. The molecule has 0 spiro atoms. The molecule has 0 aromatic heterocycles. The first-order chi connectivity index (χ1) is 19.9. The third-order valence-corrected chi connectivity index (χ3v) is 6.70. The molecule has 0 atom stereocenters. The lowest BCUT2D eigenvalue weighted by Gasteiger charge is -2.22. The Bertz CT molecular complexity index is 1500. The van der Waals surface area contributed by atoms with Gasteiger partial charge in [0.1, 0.15) is 11.2 Å². The summed E-state index contributed by atoms with van der Waals surface area (Å²) in [5.41, 5.74) is -0.0258. The minimum absolute atomic E-state index is 0.0217. The van der Waals surface area contributed by atoms with Gasteiger partial charge in [-0.05, 0) is 98.8 Å². The van der Waals surface area contributed by atoms with Gasteiger partial charge in [-0.25, -0.2) is 9.59 Å². The zero-order chi connectivity index (χ0) is 30.3. The molecule has 0 fully saturated rings. The Kier molecular flexibility index (Phi) is 9.89. The quantitative estimate of drug-likeness (QED) is 0.0828. The highest BCUT2D eigenvalue weighted by molar-refractivity contribution is 6.23. The maximum atomic E-state index is 12.2. The van der Waals surface area contributed by atoms with E-state index in [2.05, 4.69) is 75.5 Å². The van der Waals surface area contributed by atoms with Crippen molar-refractivity contribution in [1.29, 1.82) is 0 Å². The van der Waals surface area contributed by atoms with E-state index in [1.54, 1.807) is 41.5 Å². The van der Waals surface area contributed by atoms with E-state index < -0.39 is 23.4 Å². The molecule has 0 saturated heterocycles. The maximum absolute atomic E-state index is 12.2. The SMILES string of the molecule is CC(C)(C)OC(=O)NC(=NCCCCCCNCc1ccc2ccc3cccc4ccc1c2c34)NC(=O)OC(C)(C)C. The fourth-order valence-electron chi connectivity index (χ4n) is 4.99. The molecule has 0 radical (unpaired) electrons. The number of hydrogen-bond acceptors (Lipinski definition) is 6. The number of carbonyl (C=O) groups is 2. The molecule has 0 aliphatic carbocycles. The van der Waals surface area contributed by atoms with Crippen molar-refractivity contribution in [3.8, 4) is 0 Å². The molecule has 8 nitrogen and oxygen atoms in total. The van der Waals surface area contributed by atoms with E-state index >= 15 is 0 Å². The second kappa shape index (κ2) is 13.4. The second-order valence-electron chi connectivity index (χ2n) is 12.7. The van der Waals surface area contributed by atoms with Gasteiger partial charge in [-0.15, -0.1) is 0 Å². The lowest BCUT2D eigenvalue weighted by atomic mass is 9.92. The number of guanidine groups is 1. The number of nitrogens with one attached hydrogen (secondary N) is 3. The van der Waals surface area contributed by atoms with E-state index in [0.717, 1.165) is 38.8 Å². The van der Waals surface area contributed by atoms with Crippen LogP contribution in [0.25, 0.3) is 32.3 Å². The summed E-state index contributed by atoms with van der Waals surface area (Å²) >= 11 is 0. The zero-order valence-corrected chi connectivity index (χ0v) is 25.7. The standard InChI is InChI=1S/C34H44N4O4/c1-33(2,3)41-31(39)37-30(38-32(40)42-34(4,5)6)36-21-10-8-7-9-20-35-22-26-17-16-25-15-14-23-12-11-13-24-18-19-27(26)29(25)28(23)24/h11-19,35H,7-10,20-22H2,1-6H3,(H2,36,37,38,39,40). The Hall–Kier alpha value is -3.91. The van der Waals surface area contributed by atoms with E-state index in [0.29, 0.717) is 6.54 Å². The average molecular weight is 573 g/mol. The monoisotopic (exact) mass is 572 g/mol. The van der Waals surface area contributed by atoms with Gasteiger partial charge in [-0.3, -0.25) is 15.6 Å². The fraction of sp³-hybridized carbons (Fsp3) is 0.441. The summed E-state index contributed by atoms with van der Waals surface area (Å²) in [5, 5.41) is 16.5. The van der Waals surface area contributed by atoms with Gasteiger partial charge in [0.15, 0.2) is 0 Å². The second-order valence-corrected chi connectivity index (χ2v) is 12.7. The molecule has 8 heteroatoms. The van der Waals surface area contributed by atoms with E-state index in [1.807, 2.05) is 0 Å². The molecule has 0 aliphatic heterocycles. The fourth-order valence-corrected chi connectivity index (χ4v) is 4.99. The predicted octanol–water partition coefficient (Wildman–Crippen LogP) is 7.64. The number of hydrogen-bond donors (Lipinski definition) is 3. The number of benzene rings is 4. The molecular formula is C34H44N4O4. The van der Waals surface area contributed by atoms with Gasteiger partial charge in [0.25, 0.3) is 0 Å². The molecule has 4 aromatic carbocycles. The van der Waals surface area contributed by atoms with Crippen LogP contribution in [0.2, 0.25) is 0 Å². The van der Waals surface area contributed by atoms with Gasteiger partial charge in [0.05, 0.1) is 0 Å². The van der Waals surface area contributed by atoms with Crippen molar-refractivity contribution < 1.29 is 19.1 Å². The van der Waals surface area contributed by atoms with E-state index in [-0.39, 0.29) is 5.96 Å². The summed E-state index contributed by atoms with van der Waals surface area (Å²) < 4.78 is 10.6. The van der Waals surface area contributed by atoms with Crippen molar-refractivity contribution in [2.24, 2.45) is 4.99 Å². The van der Waals surface area contributed by atoms with Crippen LogP contribution in [0, 0.1) is 0 Å². The Balaban J connectivity index is 1.23. The van der Waals surface area contributed by atoms with Gasteiger partial charge in [-0.1, -0.05) is 67.4 Å². The first-order valence-corrected chi connectivity index (χ1v) is 14.8. The molecule has 4 rings (SSSR count). The van der Waals surface area contributed by atoms with Crippen molar-refractivity contribution in [1.82, 2.24) is 16.0 Å². The number of ether oxygens (including phenoxy) is 2. The molecule has 2 amide bonds. The van der Waals surface area contributed by atoms with Gasteiger partial charge in [0.2, 0.25) is 5.96 Å². The summed E-state index contributed by atoms with van der Waals surface area (Å²) in [4.78, 5) is 28.8. The Labute approximate surface area is 248 Å². The Morgan fingerprint density at radius 1 is 0.690 bits per heavy atom. The van der Waals surface area contributed by atoms with Crippen LogP contribution >= 0.6 is 0 Å². The molecule has 0 aliphatic rings. The number of unbranched alkanes of at least 4 members (excludes halogenated alkanes) is 3. The van der Waals surface area contributed by atoms with Crippen LogP contribution in [-0.2, 0) is 16.0 Å². The molecule has 0 unspecified atom stereocenters. The van der Waals surface area contributed by atoms with Crippen molar-refractivity contribution >= 4 is 50.5 Å². The third kappa shape index (κ3) is 8.79. The smallest absolute Gasteiger partial charge is 0.414 e. The van der Waals surface area contributed by atoms with Crippen LogP contribution in [-0.4, -0.2) is 42.4 Å². The van der Waals surface area contributed by atoms with Crippen LogP contribution in [0.4, 0.5) is 9.59 Å². The Morgan fingerprint density at radius 3 is 1.86 bits per heavy atom. The molecule has 0 bridgehead atoms. The van der Waals surface area contributed by atoms with Gasteiger partial charge >= 0.3 is 12.2 Å². The minimum atomic E-state index is -0.687. The summed E-state index contributed by atoms with van der Waals surface area (Å²) in [6, 6.07) is 19.9. The van der Waals surface area contributed by atoms with Crippen LogP contribution in [0.5, 0.6) is 0 Å². The number of amides is 2. The van der Waals surface area contributed by atoms with Crippen molar-refractivity contribution in [2.45, 2.75) is 85.0 Å². The number of nitrogens with zero attached hydrogens (tertiary/aromatic N) is 1. The van der Waals surface area contributed by atoms with E-state index in [1.165, 1.54) is 37.9 Å². The Morgan fingerprint density at radius 2 is 1.24 bits per heavy atom. The molecule has 224 valence electrons. The minimum Gasteiger partial charge on any atom is -0.444 e. The number of rotatable bonds is 9. The van der Waals surface area contributed by atoms with Crippen LogP contribution in [0.1, 0.15) is 72.8 Å².